The van der Waals surface area contributed by atoms with Crippen molar-refractivity contribution in [1.29, 1.82) is 0 Å². The van der Waals surface area contributed by atoms with Crippen molar-refractivity contribution in [3.8, 4) is 0 Å². The lowest BCUT2D eigenvalue weighted by Gasteiger charge is -2.42. The maximum atomic E-state index is 13.4. The van der Waals surface area contributed by atoms with Crippen LogP contribution in [0, 0.1) is 11.6 Å². The number of carbonyl (C=O) groups is 2. The van der Waals surface area contributed by atoms with E-state index in [1.807, 2.05) is 0 Å². The molecule has 0 aliphatic carbocycles. The molecule has 0 unspecified atom stereocenters. The lowest BCUT2D eigenvalue weighted by molar-refractivity contribution is -0.131. The minimum Gasteiger partial charge on any atom is -0.292 e. The standard InChI is InChI=1S/C12H11F2NO4S/c1-12(2)11(17)15(20(12,18)19)6-10(16)8-5-7(13)3-4-9(8)14/h3-5H,6H2,1-2H3. The Morgan fingerprint density at radius 1 is 1.30 bits per heavy atom. The van der Waals surface area contributed by atoms with Gasteiger partial charge in [-0.1, -0.05) is 0 Å². The second-order valence-corrected chi connectivity index (χ2v) is 7.29. The van der Waals surface area contributed by atoms with Gasteiger partial charge >= 0.3 is 0 Å². The lowest BCUT2D eigenvalue weighted by atomic mass is 10.1. The van der Waals surface area contributed by atoms with E-state index < -0.39 is 50.2 Å². The van der Waals surface area contributed by atoms with Gasteiger partial charge in [0, 0.05) is 0 Å². The van der Waals surface area contributed by atoms with Crippen molar-refractivity contribution in [1.82, 2.24) is 4.31 Å². The summed E-state index contributed by atoms with van der Waals surface area (Å²) in [5.41, 5.74) is -0.585. The first-order chi connectivity index (χ1) is 9.09. The molecule has 1 aliphatic rings. The zero-order chi connectivity index (χ0) is 15.3. The number of amides is 1. The third kappa shape index (κ3) is 1.91. The summed E-state index contributed by atoms with van der Waals surface area (Å²) in [6.45, 7) is 1.60. The highest BCUT2D eigenvalue weighted by Gasteiger charge is 2.60. The summed E-state index contributed by atoms with van der Waals surface area (Å²) in [7, 11) is -3.93. The minimum atomic E-state index is -3.93. The number of sulfonamides is 1. The van der Waals surface area contributed by atoms with Gasteiger partial charge in [-0.25, -0.2) is 21.5 Å². The van der Waals surface area contributed by atoms with Crippen molar-refractivity contribution < 1.29 is 26.8 Å². The number of rotatable bonds is 3. The van der Waals surface area contributed by atoms with Gasteiger partial charge in [-0.2, -0.15) is 0 Å². The molecule has 0 bridgehead atoms. The second kappa shape index (κ2) is 4.34. The van der Waals surface area contributed by atoms with E-state index in [9.17, 15) is 26.8 Å². The van der Waals surface area contributed by atoms with Gasteiger partial charge in [-0.05, 0) is 32.0 Å². The van der Waals surface area contributed by atoms with Gasteiger partial charge in [0.2, 0.25) is 0 Å². The third-order valence-electron chi connectivity index (χ3n) is 3.19. The van der Waals surface area contributed by atoms with Crippen molar-refractivity contribution >= 4 is 21.7 Å². The smallest absolute Gasteiger partial charge is 0.259 e. The Labute approximate surface area is 114 Å². The molecule has 8 heteroatoms. The van der Waals surface area contributed by atoms with Gasteiger partial charge in [0.25, 0.3) is 15.9 Å². The molecule has 1 amide bonds. The van der Waals surface area contributed by atoms with Gasteiger partial charge < -0.3 is 0 Å². The number of hydrogen-bond acceptors (Lipinski definition) is 4. The highest BCUT2D eigenvalue weighted by Crippen LogP contribution is 2.34. The Morgan fingerprint density at radius 3 is 2.45 bits per heavy atom. The zero-order valence-electron chi connectivity index (χ0n) is 10.7. The van der Waals surface area contributed by atoms with E-state index in [2.05, 4.69) is 0 Å². The second-order valence-electron chi connectivity index (χ2n) is 4.87. The molecule has 0 saturated carbocycles. The van der Waals surface area contributed by atoms with Gasteiger partial charge in [-0.15, -0.1) is 0 Å². The van der Waals surface area contributed by atoms with Crippen LogP contribution in [0.3, 0.4) is 0 Å². The highest BCUT2D eigenvalue weighted by atomic mass is 32.2. The first kappa shape index (κ1) is 14.6. The minimum absolute atomic E-state index is 0.375. The molecule has 0 N–H and O–H groups in total. The predicted octanol–water partition coefficient (Wildman–Crippen LogP) is 1.10. The van der Waals surface area contributed by atoms with Crippen LogP contribution in [0.4, 0.5) is 8.78 Å². The van der Waals surface area contributed by atoms with E-state index in [4.69, 9.17) is 0 Å². The van der Waals surface area contributed by atoms with Crippen LogP contribution in [-0.2, 0) is 14.8 Å². The molecule has 0 atom stereocenters. The van der Waals surface area contributed by atoms with Crippen LogP contribution < -0.4 is 0 Å². The molecule has 1 aromatic carbocycles. The fourth-order valence-electron chi connectivity index (χ4n) is 1.84. The zero-order valence-corrected chi connectivity index (χ0v) is 11.5. The first-order valence-corrected chi connectivity index (χ1v) is 7.08. The fourth-order valence-corrected chi connectivity index (χ4v) is 3.32. The van der Waals surface area contributed by atoms with E-state index >= 15 is 0 Å². The number of carbonyl (C=O) groups excluding carboxylic acids is 2. The molecule has 1 aliphatic heterocycles. The van der Waals surface area contributed by atoms with Crippen LogP contribution in [0.1, 0.15) is 24.2 Å². The van der Waals surface area contributed by atoms with E-state index in [-0.39, 0.29) is 0 Å². The van der Waals surface area contributed by atoms with Crippen LogP contribution in [0.15, 0.2) is 18.2 Å². The maximum Gasteiger partial charge on any atom is 0.259 e. The highest BCUT2D eigenvalue weighted by molar-refractivity contribution is 7.94. The Balaban J connectivity index is 2.26. The molecule has 108 valence electrons. The maximum absolute atomic E-state index is 13.4. The average Bonchev–Trinajstić information content (AvgIpc) is 2.37. The normalized spacial score (nSPS) is 19.6. The summed E-state index contributed by atoms with van der Waals surface area (Å²) in [5, 5.41) is 0. The Bertz CT molecular complexity index is 712. The molecular weight excluding hydrogens is 292 g/mol. The number of halogens is 2. The van der Waals surface area contributed by atoms with E-state index in [0.717, 1.165) is 12.1 Å². The van der Waals surface area contributed by atoms with Crippen LogP contribution in [-0.4, -0.2) is 35.7 Å². The molecule has 1 fully saturated rings. The molecule has 1 heterocycles. The Kier molecular flexibility index (Phi) is 3.16. The summed E-state index contributed by atoms with van der Waals surface area (Å²) in [4.78, 5) is 23.4. The van der Waals surface area contributed by atoms with E-state index in [1.165, 1.54) is 13.8 Å². The van der Waals surface area contributed by atoms with E-state index in [1.54, 1.807) is 0 Å². The molecule has 1 saturated heterocycles. The number of benzene rings is 1. The summed E-state index contributed by atoms with van der Waals surface area (Å²) in [6, 6.07) is 2.26. The van der Waals surface area contributed by atoms with Crippen LogP contribution in [0.5, 0.6) is 0 Å². The molecule has 5 nitrogen and oxygen atoms in total. The van der Waals surface area contributed by atoms with Crippen LogP contribution >= 0.6 is 0 Å². The van der Waals surface area contributed by atoms with Crippen molar-refractivity contribution in [3.63, 3.8) is 0 Å². The number of hydrogen-bond donors (Lipinski definition) is 0. The van der Waals surface area contributed by atoms with Crippen molar-refractivity contribution in [3.05, 3.63) is 35.4 Å². The number of ketones is 1. The predicted molar refractivity (Wildman–Crippen MR) is 65.4 cm³/mol. The van der Waals surface area contributed by atoms with Gasteiger partial charge in [0.15, 0.2) is 10.5 Å². The van der Waals surface area contributed by atoms with Crippen LogP contribution in [0.2, 0.25) is 0 Å². The van der Waals surface area contributed by atoms with Crippen molar-refractivity contribution in [2.45, 2.75) is 18.6 Å². The SMILES string of the molecule is CC1(C)C(=O)N(CC(=O)c2cc(F)ccc2F)S1(=O)=O. The molecule has 2 rings (SSSR count). The summed E-state index contributed by atoms with van der Waals surface area (Å²) >= 11 is 0. The first-order valence-electron chi connectivity index (χ1n) is 5.64. The average molecular weight is 303 g/mol. The largest absolute Gasteiger partial charge is 0.292 e. The van der Waals surface area contributed by atoms with Gasteiger partial charge in [0.05, 0.1) is 5.56 Å². The topological polar surface area (TPSA) is 71.5 Å². The lowest BCUT2D eigenvalue weighted by Crippen LogP contribution is -2.68. The van der Waals surface area contributed by atoms with Crippen molar-refractivity contribution in [2.75, 3.05) is 6.54 Å². The fraction of sp³-hybridized carbons (Fsp3) is 0.333. The molecule has 0 radical (unpaired) electrons. The van der Waals surface area contributed by atoms with Gasteiger partial charge in [-0.3, -0.25) is 9.59 Å². The summed E-state index contributed by atoms with van der Waals surface area (Å²) in [5.74, 6) is -3.52. The molecule has 0 aromatic heterocycles. The quantitative estimate of drug-likeness (QED) is 0.784. The van der Waals surface area contributed by atoms with Crippen LogP contribution in [0.25, 0.3) is 0 Å². The van der Waals surface area contributed by atoms with E-state index in [0.29, 0.717) is 10.4 Å². The molecular formula is C12H11F2NO4S. The summed E-state index contributed by atoms with van der Waals surface area (Å²) < 4.78 is 48.7. The summed E-state index contributed by atoms with van der Waals surface area (Å²) in [6.07, 6.45) is 0. The number of nitrogens with zero attached hydrogens (tertiary/aromatic N) is 1. The molecule has 1 aromatic rings. The monoisotopic (exact) mass is 303 g/mol. The van der Waals surface area contributed by atoms with Crippen molar-refractivity contribution in [2.24, 2.45) is 0 Å². The van der Waals surface area contributed by atoms with Gasteiger partial charge in [0.1, 0.15) is 18.2 Å². The number of Topliss-reactive ketones (excluding diaryl/α,β-unsaturated/α-hetero) is 1. The molecule has 0 spiro atoms. The third-order valence-corrected chi connectivity index (χ3v) is 5.53. The Morgan fingerprint density at radius 2 is 1.90 bits per heavy atom. The molecule has 20 heavy (non-hydrogen) atoms. The Hall–Kier alpha value is -1.83.